The normalized spacial score (nSPS) is 13.1. The predicted octanol–water partition coefficient (Wildman–Crippen LogP) is 6.11. The molecule has 0 saturated carbocycles. The number of carbonyl (C=O) groups excluding carboxylic acids is 2. The van der Waals surface area contributed by atoms with Crippen LogP contribution < -0.4 is 10.6 Å². The minimum atomic E-state index is -1.14. The van der Waals surface area contributed by atoms with Gasteiger partial charge < -0.3 is 20.8 Å². The van der Waals surface area contributed by atoms with Crippen molar-refractivity contribution < 1.29 is 28.2 Å². The Morgan fingerprint density at radius 3 is 1.49 bits per heavy atom. The van der Waals surface area contributed by atoms with Gasteiger partial charge in [-0.1, -0.05) is 23.5 Å². The second-order valence-corrected chi connectivity index (χ2v) is 23.9. The highest BCUT2D eigenvalue weighted by atomic mass is 32.3. The minimum absolute atomic E-state index is 0.0199. The van der Waals surface area contributed by atoms with Gasteiger partial charge in [-0.3, -0.25) is 28.0 Å². The molecule has 2 unspecified atom stereocenters. The molecule has 24 heteroatoms. The SMILES string of the molecule is O=C(NCSCSCSCN=CS(=O)CSCSCSC(=O)NCSCSCSCN=CS(=O)CSCO)SCSCO. The van der Waals surface area contributed by atoms with Gasteiger partial charge in [0.25, 0.3) is 10.5 Å². The number of rotatable bonds is 30. The fourth-order valence-electron chi connectivity index (χ4n) is 1.73. The van der Waals surface area contributed by atoms with Crippen molar-refractivity contribution in [2.75, 3.05) is 81.1 Å². The van der Waals surface area contributed by atoms with E-state index in [1.54, 1.807) is 94.1 Å². The van der Waals surface area contributed by atoms with Crippen molar-refractivity contribution >= 4 is 184 Å². The number of aliphatic hydroxyl groups is 2. The maximum Gasteiger partial charge on any atom is 0.280 e. The molecule has 0 aliphatic rings. The van der Waals surface area contributed by atoms with Crippen LogP contribution >= 0.6 is 141 Å². The van der Waals surface area contributed by atoms with Crippen LogP contribution in [-0.4, -0.2) is 121 Å². The van der Waals surface area contributed by atoms with Gasteiger partial charge >= 0.3 is 0 Å². The molecule has 0 bridgehead atoms. The van der Waals surface area contributed by atoms with E-state index in [-0.39, 0.29) is 22.4 Å². The van der Waals surface area contributed by atoms with Gasteiger partial charge in [0.05, 0.1) is 83.3 Å². The van der Waals surface area contributed by atoms with Crippen molar-refractivity contribution in [1.82, 2.24) is 10.6 Å². The third-order valence-electron chi connectivity index (χ3n) is 3.31. The molecule has 2 atom stereocenters. The first kappa shape index (κ1) is 45.7. The standard InChI is InChI=1S/C19H36N4O6S14/c24-7-34-14-40-18(26)22-3-32-11-37-10-31-2-21-6-43(29)17-39-13-38-15-41-19(27)23-4-33-12-36-9-30-1-20-5-42(28)16-35-8-25/h5-6,24-25H,1-4,7-17H2,(H,22,26)(H,23,27). The average Bonchev–Trinajstić information content (AvgIpc) is 2.99. The second kappa shape index (κ2) is 37.5. The zero-order valence-corrected chi connectivity index (χ0v) is 34.3. The number of amides is 2. The molecule has 0 aliphatic carbocycles. The number of hydrogen-bond donors (Lipinski definition) is 4. The minimum Gasteiger partial charge on any atom is -0.386 e. The zero-order chi connectivity index (χ0) is 31.6. The Labute approximate surface area is 310 Å². The summed E-state index contributed by atoms with van der Waals surface area (Å²) in [6.07, 6.45) is 0. The van der Waals surface area contributed by atoms with Crippen molar-refractivity contribution in [3.63, 3.8) is 0 Å². The second-order valence-electron chi connectivity index (χ2n) is 6.46. The molecule has 0 aromatic rings. The summed E-state index contributed by atoms with van der Waals surface area (Å²) in [7, 11) is -2.25. The third kappa shape index (κ3) is 37.4. The van der Waals surface area contributed by atoms with Gasteiger partial charge in [-0.15, -0.1) is 118 Å². The molecule has 0 aromatic carbocycles. The number of nitrogens with one attached hydrogen (secondary N) is 2. The van der Waals surface area contributed by atoms with Crippen LogP contribution in [0.1, 0.15) is 0 Å². The van der Waals surface area contributed by atoms with E-state index in [2.05, 4.69) is 20.6 Å². The van der Waals surface area contributed by atoms with Gasteiger partial charge in [0.1, 0.15) is 0 Å². The molecule has 10 nitrogen and oxygen atoms in total. The first-order valence-electron chi connectivity index (χ1n) is 11.5. The lowest BCUT2D eigenvalue weighted by atomic mass is 11.2. The Morgan fingerprint density at radius 2 is 0.977 bits per heavy atom. The summed E-state index contributed by atoms with van der Waals surface area (Å²) in [5.74, 6) is 2.21. The van der Waals surface area contributed by atoms with Crippen LogP contribution in [0.2, 0.25) is 0 Å². The maximum atomic E-state index is 12.0. The molecule has 0 radical (unpaired) electrons. The molecular formula is C19H36N4O6S14. The van der Waals surface area contributed by atoms with E-state index in [0.29, 0.717) is 43.8 Å². The molecule has 252 valence electrons. The third-order valence-corrected chi connectivity index (χ3v) is 18.8. The molecule has 2 amide bonds. The van der Waals surface area contributed by atoms with E-state index in [1.807, 2.05) is 0 Å². The lowest BCUT2D eigenvalue weighted by Crippen LogP contribution is -2.17. The van der Waals surface area contributed by atoms with Gasteiger partial charge in [0.2, 0.25) is 0 Å². The number of aliphatic hydroxyl groups excluding tert-OH is 2. The van der Waals surface area contributed by atoms with Crippen LogP contribution in [-0.2, 0) is 21.6 Å². The molecular weight excluding hydrogens is 829 g/mol. The molecule has 0 fully saturated rings. The lowest BCUT2D eigenvalue weighted by molar-refractivity contribution is 0.261. The quantitative estimate of drug-likeness (QED) is 0.0284. The Balaban J connectivity index is 3.43. The summed E-state index contributed by atoms with van der Waals surface area (Å²) in [6.45, 7) is 0. The molecule has 43 heavy (non-hydrogen) atoms. The van der Waals surface area contributed by atoms with Gasteiger partial charge in [-0.25, -0.2) is 0 Å². The van der Waals surface area contributed by atoms with E-state index >= 15 is 0 Å². The molecule has 4 N–H and O–H groups in total. The molecule has 0 aromatic heterocycles. The number of aliphatic imine (C=N–C) groups is 2. The first-order valence-corrected chi connectivity index (χ1v) is 27.8. The fraction of sp³-hybridized carbons (Fsp3) is 0.789. The lowest BCUT2D eigenvalue weighted by Gasteiger charge is -2.04. The van der Waals surface area contributed by atoms with E-state index in [4.69, 9.17) is 10.2 Å². The van der Waals surface area contributed by atoms with Crippen molar-refractivity contribution in [3.05, 3.63) is 0 Å². The highest BCUT2D eigenvalue weighted by molar-refractivity contribution is 8.29. The number of nitrogens with zero attached hydrogens (tertiary/aromatic N) is 2. The Hall–Kier alpha value is 2.70. The van der Waals surface area contributed by atoms with Crippen LogP contribution in [0.4, 0.5) is 9.59 Å². The van der Waals surface area contributed by atoms with Crippen LogP contribution in [0.15, 0.2) is 9.98 Å². The van der Waals surface area contributed by atoms with E-state index < -0.39 is 21.6 Å². The van der Waals surface area contributed by atoms with Crippen molar-refractivity contribution in [1.29, 1.82) is 0 Å². The zero-order valence-electron chi connectivity index (χ0n) is 22.9. The smallest absolute Gasteiger partial charge is 0.280 e. The summed E-state index contributed by atoms with van der Waals surface area (Å²) >= 11 is 18.1. The highest BCUT2D eigenvalue weighted by Gasteiger charge is 2.03. The fourth-order valence-corrected chi connectivity index (χ4v) is 14.8. The first-order chi connectivity index (χ1) is 21.0. The van der Waals surface area contributed by atoms with E-state index in [0.717, 1.165) is 37.2 Å². The maximum absolute atomic E-state index is 12.0. The average molecular weight is 865 g/mol. The topological polar surface area (TPSA) is 158 Å². The summed E-state index contributed by atoms with van der Waals surface area (Å²) in [5.41, 5.74) is 2.93. The monoisotopic (exact) mass is 864 g/mol. The van der Waals surface area contributed by atoms with Gasteiger partial charge in [0, 0.05) is 30.5 Å². The number of thioether (sulfide) groups is 12. The summed E-state index contributed by atoms with van der Waals surface area (Å²) < 4.78 is 23.5. The summed E-state index contributed by atoms with van der Waals surface area (Å²) in [6, 6.07) is 0. The van der Waals surface area contributed by atoms with E-state index in [1.165, 1.54) is 46.4 Å². The molecule has 0 heterocycles. The van der Waals surface area contributed by atoms with Crippen molar-refractivity contribution in [3.8, 4) is 0 Å². The van der Waals surface area contributed by atoms with Crippen molar-refractivity contribution in [2.45, 2.75) is 0 Å². The summed E-state index contributed by atoms with van der Waals surface area (Å²) in [4.78, 5) is 31.7. The Morgan fingerprint density at radius 1 is 0.558 bits per heavy atom. The van der Waals surface area contributed by atoms with Gasteiger partial charge in [-0.2, -0.15) is 0 Å². The molecule has 0 saturated heterocycles. The molecule has 0 rings (SSSR count). The predicted molar refractivity (Wildman–Crippen MR) is 219 cm³/mol. The molecule has 0 aliphatic heterocycles. The van der Waals surface area contributed by atoms with Gasteiger partial charge in [0.15, 0.2) is 0 Å². The highest BCUT2D eigenvalue weighted by Crippen LogP contribution is 2.21. The van der Waals surface area contributed by atoms with Gasteiger partial charge in [-0.05, 0) is 0 Å². The van der Waals surface area contributed by atoms with Crippen LogP contribution in [0.25, 0.3) is 0 Å². The van der Waals surface area contributed by atoms with Crippen molar-refractivity contribution in [2.24, 2.45) is 9.98 Å². The van der Waals surface area contributed by atoms with Crippen LogP contribution in [0, 0.1) is 0 Å². The Kier molecular flexibility index (Phi) is 39.9. The number of hydrogen-bond acceptors (Lipinski definition) is 20. The molecule has 0 spiro atoms. The number of carbonyl (C=O) groups is 2. The van der Waals surface area contributed by atoms with Crippen LogP contribution in [0.3, 0.4) is 0 Å². The largest absolute Gasteiger partial charge is 0.386 e. The summed E-state index contributed by atoms with van der Waals surface area (Å²) in [5, 5.41) is 29.1. The van der Waals surface area contributed by atoms with E-state index in [9.17, 15) is 18.0 Å². The van der Waals surface area contributed by atoms with Crippen LogP contribution in [0.5, 0.6) is 0 Å². The Bertz CT molecular complexity index is 805.